The van der Waals surface area contributed by atoms with Crippen molar-refractivity contribution in [2.45, 2.75) is 23.0 Å². The highest BCUT2D eigenvalue weighted by Gasteiger charge is 2.32. The summed E-state index contributed by atoms with van der Waals surface area (Å²) in [6, 6.07) is 11.4. The van der Waals surface area contributed by atoms with Gasteiger partial charge >= 0.3 is 6.18 Å². The van der Waals surface area contributed by atoms with Crippen LogP contribution in [0.2, 0.25) is 0 Å². The first-order chi connectivity index (χ1) is 8.47. The Bertz CT molecular complexity index is 552. The van der Waals surface area contributed by atoms with Crippen molar-refractivity contribution in [3.8, 4) is 0 Å². The van der Waals surface area contributed by atoms with Crippen LogP contribution in [0.25, 0.3) is 0 Å². The van der Waals surface area contributed by atoms with Crippen LogP contribution in [0.15, 0.2) is 52.4 Å². The largest absolute Gasteiger partial charge is 0.433 e. The molecule has 0 saturated heterocycles. The van der Waals surface area contributed by atoms with Gasteiger partial charge in [-0.15, -0.1) is 0 Å². The van der Waals surface area contributed by atoms with E-state index in [9.17, 15) is 13.2 Å². The Kier molecular flexibility index (Phi) is 3.61. The summed E-state index contributed by atoms with van der Waals surface area (Å²) in [4.78, 5) is 4.53. The molecule has 2 rings (SSSR count). The van der Waals surface area contributed by atoms with Gasteiger partial charge in [-0.05, 0) is 30.7 Å². The second-order valence-electron chi connectivity index (χ2n) is 3.73. The van der Waals surface area contributed by atoms with E-state index in [1.165, 1.54) is 17.8 Å². The highest BCUT2D eigenvalue weighted by Crippen LogP contribution is 2.32. The van der Waals surface area contributed by atoms with Crippen molar-refractivity contribution in [3.05, 3.63) is 53.7 Å². The molecule has 0 aliphatic heterocycles. The molecule has 0 aliphatic carbocycles. The van der Waals surface area contributed by atoms with E-state index in [0.717, 1.165) is 16.5 Å². The Hall–Kier alpha value is -1.49. The molecule has 5 heteroatoms. The van der Waals surface area contributed by atoms with E-state index < -0.39 is 11.9 Å². The van der Waals surface area contributed by atoms with Crippen LogP contribution in [0, 0.1) is 6.92 Å². The topological polar surface area (TPSA) is 12.9 Å². The first-order valence-electron chi connectivity index (χ1n) is 5.24. The predicted octanol–water partition coefficient (Wildman–Crippen LogP) is 4.56. The molecule has 1 heterocycles. The lowest BCUT2D eigenvalue weighted by molar-refractivity contribution is -0.141. The molecule has 0 atom stereocenters. The van der Waals surface area contributed by atoms with E-state index >= 15 is 0 Å². The van der Waals surface area contributed by atoms with E-state index in [2.05, 4.69) is 4.98 Å². The molecule has 2 aromatic rings. The van der Waals surface area contributed by atoms with Crippen LogP contribution in [0.5, 0.6) is 0 Å². The molecule has 94 valence electrons. The lowest BCUT2D eigenvalue weighted by Crippen LogP contribution is -2.07. The van der Waals surface area contributed by atoms with Crippen molar-refractivity contribution in [3.63, 3.8) is 0 Å². The summed E-state index contributed by atoms with van der Waals surface area (Å²) >= 11 is 1.23. The van der Waals surface area contributed by atoms with Gasteiger partial charge in [0.2, 0.25) is 0 Å². The maximum Gasteiger partial charge on any atom is 0.433 e. The summed E-state index contributed by atoms with van der Waals surface area (Å²) < 4.78 is 37.5. The van der Waals surface area contributed by atoms with Crippen molar-refractivity contribution in [2.75, 3.05) is 0 Å². The molecule has 0 N–H and O–H groups in total. The van der Waals surface area contributed by atoms with Gasteiger partial charge in [0, 0.05) is 4.90 Å². The molecule has 1 nitrogen and oxygen atoms in total. The number of aromatic nitrogens is 1. The third kappa shape index (κ3) is 3.04. The van der Waals surface area contributed by atoms with Gasteiger partial charge in [-0.1, -0.05) is 36.0 Å². The van der Waals surface area contributed by atoms with Crippen LogP contribution < -0.4 is 0 Å². The van der Waals surface area contributed by atoms with Gasteiger partial charge in [0.25, 0.3) is 0 Å². The molecule has 0 fully saturated rings. The quantitative estimate of drug-likeness (QED) is 0.792. The molecular weight excluding hydrogens is 259 g/mol. The van der Waals surface area contributed by atoms with Crippen LogP contribution in [-0.2, 0) is 6.18 Å². The minimum absolute atomic E-state index is 0.346. The summed E-state index contributed by atoms with van der Waals surface area (Å²) in [6.45, 7) is 1.91. The molecule has 0 bridgehead atoms. The van der Waals surface area contributed by atoms with Crippen LogP contribution in [0.1, 0.15) is 11.3 Å². The van der Waals surface area contributed by atoms with Gasteiger partial charge in [-0.2, -0.15) is 13.2 Å². The van der Waals surface area contributed by atoms with Crippen LogP contribution >= 0.6 is 11.8 Å². The fraction of sp³-hybridized carbons (Fsp3) is 0.154. The van der Waals surface area contributed by atoms with E-state index in [1.54, 1.807) is 6.07 Å². The van der Waals surface area contributed by atoms with Gasteiger partial charge in [-0.3, -0.25) is 0 Å². The lowest BCUT2D eigenvalue weighted by Gasteiger charge is -2.08. The van der Waals surface area contributed by atoms with Crippen molar-refractivity contribution >= 4 is 11.8 Å². The number of hydrogen-bond acceptors (Lipinski definition) is 2. The zero-order valence-corrected chi connectivity index (χ0v) is 10.3. The molecular formula is C13H10F3NS. The minimum atomic E-state index is -4.40. The fourth-order valence-electron chi connectivity index (χ4n) is 1.41. The van der Waals surface area contributed by atoms with E-state index in [1.807, 2.05) is 31.2 Å². The summed E-state index contributed by atoms with van der Waals surface area (Å²) in [5.74, 6) is 0. The molecule has 0 spiro atoms. The van der Waals surface area contributed by atoms with Gasteiger partial charge < -0.3 is 0 Å². The van der Waals surface area contributed by atoms with E-state index in [-0.39, 0.29) is 0 Å². The lowest BCUT2D eigenvalue weighted by atomic mass is 10.2. The normalized spacial score (nSPS) is 11.6. The number of rotatable bonds is 2. The second kappa shape index (κ2) is 5.02. The first kappa shape index (κ1) is 13.0. The molecule has 0 amide bonds. The number of alkyl halides is 3. The summed E-state index contributed by atoms with van der Waals surface area (Å²) in [5.41, 5.74) is 0.155. The smallest absolute Gasteiger partial charge is 0.237 e. The third-order valence-corrected chi connectivity index (χ3v) is 3.44. The van der Waals surface area contributed by atoms with Crippen LogP contribution in [-0.4, -0.2) is 4.98 Å². The second-order valence-corrected chi connectivity index (χ2v) is 4.79. The molecule has 0 aliphatic rings. The van der Waals surface area contributed by atoms with Crippen molar-refractivity contribution in [2.24, 2.45) is 0 Å². The van der Waals surface area contributed by atoms with Crippen molar-refractivity contribution in [1.29, 1.82) is 0 Å². The van der Waals surface area contributed by atoms with Gasteiger partial charge in [0.05, 0.1) is 0 Å². The molecule has 18 heavy (non-hydrogen) atoms. The standard InChI is InChI=1S/C13H10F3NS/c1-9-5-2-3-6-10(9)18-12-8-4-7-11(17-12)13(14,15)16/h2-8H,1H3. The first-order valence-corrected chi connectivity index (χ1v) is 6.06. The fourth-order valence-corrected chi connectivity index (χ4v) is 2.30. The number of benzene rings is 1. The Morgan fingerprint density at radius 3 is 2.39 bits per heavy atom. The molecule has 0 saturated carbocycles. The zero-order valence-electron chi connectivity index (χ0n) is 9.53. The van der Waals surface area contributed by atoms with E-state index in [4.69, 9.17) is 0 Å². The molecule has 0 unspecified atom stereocenters. The average Bonchev–Trinajstić information content (AvgIpc) is 2.31. The van der Waals surface area contributed by atoms with Gasteiger partial charge in [0.1, 0.15) is 10.7 Å². The number of halogens is 3. The maximum absolute atomic E-state index is 12.5. The maximum atomic E-state index is 12.5. The van der Waals surface area contributed by atoms with Crippen LogP contribution in [0.3, 0.4) is 0 Å². The Morgan fingerprint density at radius 2 is 1.72 bits per heavy atom. The van der Waals surface area contributed by atoms with Gasteiger partial charge in [-0.25, -0.2) is 4.98 Å². The number of aryl methyl sites for hydroxylation is 1. The summed E-state index contributed by atoms with van der Waals surface area (Å²) in [5, 5.41) is 0.346. The highest BCUT2D eigenvalue weighted by atomic mass is 32.2. The summed E-state index contributed by atoms with van der Waals surface area (Å²) in [7, 11) is 0. The monoisotopic (exact) mass is 269 g/mol. The number of hydrogen-bond donors (Lipinski definition) is 0. The zero-order chi connectivity index (χ0) is 13.2. The Labute approximate surface area is 107 Å². The molecule has 1 aromatic carbocycles. The van der Waals surface area contributed by atoms with Crippen molar-refractivity contribution in [1.82, 2.24) is 4.98 Å². The number of nitrogens with zero attached hydrogens (tertiary/aromatic N) is 1. The van der Waals surface area contributed by atoms with E-state index in [0.29, 0.717) is 5.03 Å². The minimum Gasteiger partial charge on any atom is -0.237 e. The number of pyridine rings is 1. The SMILES string of the molecule is Cc1ccccc1Sc1cccc(C(F)(F)F)n1. The molecule has 1 aromatic heterocycles. The van der Waals surface area contributed by atoms with Crippen LogP contribution in [0.4, 0.5) is 13.2 Å². The Balaban J connectivity index is 2.28. The average molecular weight is 269 g/mol. The third-order valence-electron chi connectivity index (χ3n) is 2.32. The van der Waals surface area contributed by atoms with Gasteiger partial charge in [0.15, 0.2) is 0 Å². The highest BCUT2D eigenvalue weighted by molar-refractivity contribution is 7.99. The van der Waals surface area contributed by atoms with Crippen molar-refractivity contribution < 1.29 is 13.2 Å². The Morgan fingerprint density at radius 1 is 1.00 bits per heavy atom. The predicted molar refractivity (Wildman–Crippen MR) is 64.5 cm³/mol. The molecule has 0 radical (unpaired) electrons. The summed E-state index contributed by atoms with van der Waals surface area (Å²) in [6.07, 6.45) is -4.40.